The molecule has 2 N–H and O–H groups in total. The summed E-state index contributed by atoms with van der Waals surface area (Å²) in [6, 6.07) is 7.77. The monoisotopic (exact) mass is 298 g/mol. The molecular formula is C14H22N2O3S. The first kappa shape index (κ1) is 15.3. The molecule has 0 amide bonds. The first-order valence-corrected chi connectivity index (χ1v) is 8.58. The summed E-state index contributed by atoms with van der Waals surface area (Å²) in [6.45, 7) is 1.34. The summed E-state index contributed by atoms with van der Waals surface area (Å²) in [5, 5.41) is 3.20. The molecule has 0 bridgehead atoms. The van der Waals surface area contributed by atoms with Crippen molar-refractivity contribution in [2.75, 3.05) is 26.0 Å². The van der Waals surface area contributed by atoms with Crippen LogP contribution in [0.25, 0.3) is 0 Å². The van der Waals surface area contributed by atoms with Gasteiger partial charge in [0.2, 0.25) is 10.0 Å². The van der Waals surface area contributed by atoms with Crippen molar-refractivity contribution < 1.29 is 13.2 Å². The van der Waals surface area contributed by atoms with E-state index in [9.17, 15) is 8.42 Å². The molecule has 1 atom stereocenters. The molecule has 1 heterocycles. The summed E-state index contributed by atoms with van der Waals surface area (Å²) >= 11 is 0. The van der Waals surface area contributed by atoms with E-state index in [0.29, 0.717) is 13.0 Å². The Morgan fingerprint density at radius 2 is 2.30 bits per heavy atom. The summed E-state index contributed by atoms with van der Waals surface area (Å²) < 4.78 is 31.7. The van der Waals surface area contributed by atoms with E-state index in [-0.39, 0.29) is 11.8 Å². The largest absolute Gasteiger partial charge is 0.497 e. The minimum atomic E-state index is -3.19. The van der Waals surface area contributed by atoms with E-state index >= 15 is 0 Å². The van der Waals surface area contributed by atoms with Crippen LogP contribution in [-0.4, -0.2) is 40.4 Å². The first-order chi connectivity index (χ1) is 9.59. The number of hydrogen-bond donors (Lipinski definition) is 2. The number of rotatable bonds is 7. The Balaban J connectivity index is 1.79. The number of sulfonamides is 1. The Hall–Kier alpha value is -1.11. The van der Waals surface area contributed by atoms with Gasteiger partial charge >= 0.3 is 0 Å². The van der Waals surface area contributed by atoms with Gasteiger partial charge in [0.05, 0.1) is 12.9 Å². The molecule has 1 aromatic rings. The van der Waals surface area contributed by atoms with Crippen LogP contribution >= 0.6 is 0 Å². The predicted octanol–water partition coefficient (Wildman–Crippen LogP) is 0.909. The highest BCUT2D eigenvalue weighted by Crippen LogP contribution is 2.12. The average molecular weight is 298 g/mol. The lowest BCUT2D eigenvalue weighted by Gasteiger charge is -2.12. The van der Waals surface area contributed by atoms with Gasteiger partial charge in [-0.2, -0.15) is 0 Å². The van der Waals surface area contributed by atoms with E-state index < -0.39 is 10.0 Å². The second kappa shape index (κ2) is 7.06. The van der Waals surface area contributed by atoms with Gasteiger partial charge in [-0.25, -0.2) is 13.1 Å². The van der Waals surface area contributed by atoms with E-state index in [0.717, 1.165) is 30.7 Å². The Morgan fingerprint density at radius 3 is 3.00 bits per heavy atom. The fourth-order valence-electron chi connectivity index (χ4n) is 2.40. The Labute approximate surface area is 120 Å². The molecule has 1 saturated heterocycles. The van der Waals surface area contributed by atoms with E-state index in [4.69, 9.17) is 4.74 Å². The smallest absolute Gasteiger partial charge is 0.213 e. The van der Waals surface area contributed by atoms with Crippen molar-refractivity contribution in [3.05, 3.63) is 29.8 Å². The van der Waals surface area contributed by atoms with Crippen molar-refractivity contribution in [3.63, 3.8) is 0 Å². The molecule has 112 valence electrons. The molecule has 2 rings (SSSR count). The minimum absolute atomic E-state index is 0.101. The molecule has 1 aromatic carbocycles. The van der Waals surface area contributed by atoms with Crippen LogP contribution in [0.5, 0.6) is 5.75 Å². The summed E-state index contributed by atoms with van der Waals surface area (Å²) in [7, 11) is -1.57. The predicted molar refractivity (Wildman–Crippen MR) is 79.5 cm³/mol. The fraction of sp³-hybridized carbons (Fsp3) is 0.571. The van der Waals surface area contributed by atoms with Crippen molar-refractivity contribution in [2.45, 2.75) is 25.3 Å². The fourth-order valence-corrected chi connectivity index (χ4v) is 3.75. The second-order valence-electron chi connectivity index (χ2n) is 5.07. The number of nitrogens with one attached hydrogen (secondary N) is 2. The summed E-state index contributed by atoms with van der Waals surface area (Å²) in [5.74, 6) is 0.964. The van der Waals surface area contributed by atoms with Crippen LogP contribution in [0.3, 0.4) is 0 Å². The number of ether oxygens (including phenoxy) is 1. The summed E-state index contributed by atoms with van der Waals surface area (Å²) in [4.78, 5) is 0. The lowest BCUT2D eigenvalue weighted by molar-refractivity contribution is 0.414. The molecule has 0 aliphatic carbocycles. The van der Waals surface area contributed by atoms with E-state index in [1.54, 1.807) is 7.11 Å². The molecular weight excluding hydrogens is 276 g/mol. The lowest BCUT2D eigenvalue weighted by Crippen LogP contribution is -2.37. The highest BCUT2D eigenvalue weighted by molar-refractivity contribution is 7.89. The Morgan fingerprint density at radius 1 is 1.45 bits per heavy atom. The summed E-state index contributed by atoms with van der Waals surface area (Å²) in [5.41, 5.74) is 1.06. The molecule has 0 saturated carbocycles. The zero-order valence-electron chi connectivity index (χ0n) is 11.8. The third kappa shape index (κ3) is 4.77. The maximum atomic E-state index is 11.9. The summed E-state index contributed by atoms with van der Waals surface area (Å²) in [6.07, 6.45) is 2.66. The quantitative estimate of drug-likeness (QED) is 0.785. The van der Waals surface area contributed by atoms with E-state index in [1.807, 2.05) is 24.3 Å². The number of methoxy groups -OCH3 is 1. The van der Waals surface area contributed by atoms with Crippen LogP contribution < -0.4 is 14.8 Å². The highest BCUT2D eigenvalue weighted by Gasteiger charge is 2.21. The van der Waals surface area contributed by atoms with Crippen molar-refractivity contribution in [3.8, 4) is 5.75 Å². The Bertz CT molecular complexity index is 525. The van der Waals surface area contributed by atoms with Crippen molar-refractivity contribution in [1.82, 2.24) is 10.0 Å². The molecule has 1 unspecified atom stereocenters. The van der Waals surface area contributed by atoms with Gasteiger partial charge in [-0.15, -0.1) is 0 Å². The van der Waals surface area contributed by atoms with Gasteiger partial charge in [0, 0.05) is 12.6 Å². The molecule has 0 aromatic heterocycles. The maximum absolute atomic E-state index is 11.9. The van der Waals surface area contributed by atoms with Crippen LogP contribution in [-0.2, 0) is 16.4 Å². The standard InChI is InChI=1S/C14H22N2O3S/c1-19-14-6-2-4-12(10-14)7-9-16-20(17,18)11-13-5-3-8-15-13/h2,4,6,10,13,15-16H,3,5,7-9,11H2,1H3. The zero-order chi connectivity index (χ0) is 14.4. The van der Waals surface area contributed by atoms with Gasteiger partial charge in [0.1, 0.15) is 5.75 Å². The number of benzene rings is 1. The van der Waals surface area contributed by atoms with Gasteiger partial charge in [-0.3, -0.25) is 0 Å². The molecule has 1 aliphatic rings. The third-order valence-corrected chi connectivity index (χ3v) is 4.94. The van der Waals surface area contributed by atoms with Crippen molar-refractivity contribution in [2.24, 2.45) is 0 Å². The highest BCUT2D eigenvalue weighted by atomic mass is 32.2. The van der Waals surface area contributed by atoms with Crippen LogP contribution in [0.4, 0.5) is 0 Å². The number of hydrogen-bond acceptors (Lipinski definition) is 4. The van der Waals surface area contributed by atoms with Crippen molar-refractivity contribution in [1.29, 1.82) is 0 Å². The average Bonchev–Trinajstić information content (AvgIpc) is 2.91. The molecule has 6 heteroatoms. The van der Waals surface area contributed by atoms with E-state index in [1.165, 1.54) is 0 Å². The van der Waals surface area contributed by atoms with Gasteiger partial charge in [0.25, 0.3) is 0 Å². The first-order valence-electron chi connectivity index (χ1n) is 6.93. The molecule has 1 aliphatic heterocycles. The normalized spacial score (nSPS) is 19.1. The van der Waals surface area contributed by atoms with Crippen LogP contribution in [0.1, 0.15) is 18.4 Å². The van der Waals surface area contributed by atoms with Crippen LogP contribution in [0.15, 0.2) is 24.3 Å². The van der Waals surface area contributed by atoms with Crippen LogP contribution in [0, 0.1) is 0 Å². The maximum Gasteiger partial charge on any atom is 0.213 e. The van der Waals surface area contributed by atoms with Gasteiger partial charge < -0.3 is 10.1 Å². The molecule has 0 spiro atoms. The molecule has 0 radical (unpaired) electrons. The van der Waals surface area contributed by atoms with Gasteiger partial charge in [0.15, 0.2) is 0 Å². The van der Waals surface area contributed by atoms with Gasteiger partial charge in [-0.1, -0.05) is 12.1 Å². The molecule has 20 heavy (non-hydrogen) atoms. The van der Waals surface area contributed by atoms with Crippen LogP contribution in [0.2, 0.25) is 0 Å². The third-order valence-electron chi connectivity index (χ3n) is 3.45. The SMILES string of the molecule is COc1cccc(CCNS(=O)(=O)CC2CCCN2)c1. The zero-order valence-corrected chi connectivity index (χ0v) is 12.6. The second-order valence-corrected chi connectivity index (χ2v) is 6.92. The lowest BCUT2D eigenvalue weighted by atomic mass is 10.1. The van der Waals surface area contributed by atoms with Crippen molar-refractivity contribution >= 4 is 10.0 Å². The topological polar surface area (TPSA) is 67.4 Å². The molecule has 1 fully saturated rings. The minimum Gasteiger partial charge on any atom is -0.497 e. The Kier molecular flexibility index (Phi) is 5.39. The van der Waals surface area contributed by atoms with E-state index in [2.05, 4.69) is 10.0 Å². The van der Waals surface area contributed by atoms with Gasteiger partial charge in [-0.05, 0) is 43.5 Å². The molecule has 5 nitrogen and oxygen atoms in total.